The Bertz CT molecular complexity index is 445. The van der Waals surface area contributed by atoms with Gasteiger partial charge in [-0.2, -0.15) is 13.2 Å². The van der Waals surface area contributed by atoms with Crippen molar-refractivity contribution in [1.29, 1.82) is 0 Å². The van der Waals surface area contributed by atoms with E-state index in [0.29, 0.717) is 18.9 Å². The fourth-order valence-corrected chi connectivity index (χ4v) is 3.12. The maximum atomic E-state index is 12.8. The summed E-state index contributed by atoms with van der Waals surface area (Å²) in [6.45, 7) is 2.78. The molecule has 0 aliphatic heterocycles. The van der Waals surface area contributed by atoms with Gasteiger partial charge in [0.25, 0.3) is 0 Å². The number of hydrogen-bond donors (Lipinski definition) is 1. The standard InChI is InChI=1S/C16H22F3N/c1-12-5-7-15(11-20,8-6-12)10-13-3-2-4-14(9-13)16(17,18)19/h2-4,9,12H,5-8,10-11,20H2,1H3. The van der Waals surface area contributed by atoms with E-state index in [1.54, 1.807) is 6.07 Å². The summed E-state index contributed by atoms with van der Waals surface area (Å²) in [6, 6.07) is 5.68. The van der Waals surface area contributed by atoms with Gasteiger partial charge < -0.3 is 5.73 Å². The molecule has 1 nitrogen and oxygen atoms in total. The molecule has 20 heavy (non-hydrogen) atoms. The molecule has 1 aromatic rings. The second kappa shape index (κ2) is 5.76. The number of benzene rings is 1. The molecular formula is C16H22F3N. The maximum Gasteiger partial charge on any atom is 0.416 e. The fraction of sp³-hybridized carbons (Fsp3) is 0.625. The molecule has 0 unspecified atom stereocenters. The van der Waals surface area contributed by atoms with Crippen LogP contribution in [0.15, 0.2) is 24.3 Å². The van der Waals surface area contributed by atoms with Crippen LogP contribution in [0.25, 0.3) is 0 Å². The fourth-order valence-electron chi connectivity index (χ4n) is 3.12. The lowest BCUT2D eigenvalue weighted by Crippen LogP contribution is -2.36. The third kappa shape index (κ3) is 3.54. The van der Waals surface area contributed by atoms with E-state index < -0.39 is 11.7 Å². The van der Waals surface area contributed by atoms with Gasteiger partial charge in [-0.15, -0.1) is 0 Å². The Kier molecular flexibility index (Phi) is 4.43. The van der Waals surface area contributed by atoms with E-state index >= 15 is 0 Å². The lowest BCUT2D eigenvalue weighted by molar-refractivity contribution is -0.137. The Hall–Kier alpha value is -1.03. The second-order valence-electron chi connectivity index (χ2n) is 6.26. The van der Waals surface area contributed by atoms with Crippen molar-refractivity contribution in [3.05, 3.63) is 35.4 Å². The number of rotatable bonds is 3. The van der Waals surface area contributed by atoms with E-state index in [1.165, 1.54) is 12.1 Å². The van der Waals surface area contributed by atoms with Gasteiger partial charge in [0.15, 0.2) is 0 Å². The summed E-state index contributed by atoms with van der Waals surface area (Å²) < 4.78 is 38.3. The first-order valence-electron chi connectivity index (χ1n) is 7.21. The molecule has 0 aromatic heterocycles. The van der Waals surface area contributed by atoms with E-state index in [0.717, 1.165) is 37.3 Å². The van der Waals surface area contributed by atoms with Gasteiger partial charge in [0.2, 0.25) is 0 Å². The zero-order chi connectivity index (χ0) is 14.8. The van der Waals surface area contributed by atoms with Gasteiger partial charge in [-0.25, -0.2) is 0 Å². The normalized spacial score (nSPS) is 27.6. The molecule has 0 saturated heterocycles. The van der Waals surface area contributed by atoms with Crippen molar-refractivity contribution in [1.82, 2.24) is 0 Å². The summed E-state index contributed by atoms with van der Waals surface area (Å²) in [4.78, 5) is 0. The predicted octanol–water partition coefficient (Wildman–Crippen LogP) is 4.40. The lowest BCUT2D eigenvalue weighted by atomic mass is 9.68. The van der Waals surface area contributed by atoms with Crippen molar-refractivity contribution in [2.75, 3.05) is 6.54 Å². The molecule has 1 fully saturated rings. The zero-order valence-electron chi connectivity index (χ0n) is 11.8. The van der Waals surface area contributed by atoms with Crippen LogP contribution in [0.3, 0.4) is 0 Å². The van der Waals surface area contributed by atoms with Crippen molar-refractivity contribution in [3.63, 3.8) is 0 Å². The van der Waals surface area contributed by atoms with E-state index in [2.05, 4.69) is 6.92 Å². The summed E-state index contributed by atoms with van der Waals surface area (Å²) in [5, 5.41) is 0. The van der Waals surface area contributed by atoms with E-state index in [9.17, 15) is 13.2 Å². The van der Waals surface area contributed by atoms with Crippen LogP contribution >= 0.6 is 0 Å². The van der Waals surface area contributed by atoms with Gasteiger partial charge in [0.1, 0.15) is 0 Å². The van der Waals surface area contributed by atoms with Crippen molar-refractivity contribution >= 4 is 0 Å². The number of nitrogens with two attached hydrogens (primary N) is 1. The molecular weight excluding hydrogens is 263 g/mol. The summed E-state index contributed by atoms with van der Waals surface area (Å²) in [6.07, 6.45) is 0.654. The molecule has 2 rings (SSSR count). The molecule has 1 saturated carbocycles. The summed E-state index contributed by atoms with van der Waals surface area (Å²) >= 11 is 0. The van der Waals surface area contributed by atoms with E-state index in [-0.39, 0.29) is 5.41 Å². The Morgan fingerprint density at radius 2 is 1.90 bits per heavy atom. The van der Waals surface area contributed by atoms with Crippen molar-refractivity contribution in [3.8, 4) is 0 Å². The van der Waals surface area contributed by atoms with Crippen LogP contribution in [0.1, 0.15) is 43.7 Å². The van der Waals surface area contributed by atoms with Crippen LogP contribution in [0.2, 0.25) is 0 Å². The maximum absolute atomic E-state index is 12.8. The highest BCUT2D eigenvalue weighted by atomic mass is 19.4. The molecule has 0 bridgehead atoms. The first-order valence-corrected chi connectivity index (χ1v) is 7.21. The Labute approximate surface area is 118 Å². The molecule has 0 amide bonds. The quantitative estimate of drug-likeness (QED) is 0.875. The van der Waals surface area contributed by atoms with E-state index in [4.69, 9.17) is 5.73 Å². The first kappa shape index (κ1) is 15.4. The molecule has 0 heterocycles. The molecule has 1 aromatic carbocycles. The lowest BCUT2D eigenvalue weighted by Gasteiger charge is -2.39. The Balaban J connectivity index is 2.16. The minimum atomic E-state index is -4.27. The largest absolute Gasteiger partial charge is 0.416 e. The summed E-state index contributed by atoms with van der Waals surface area (Å²) in [7, 11) is 0. The number of hydrogen-bond acceptors (Lipinski definition) is 1. The second-order valence-corrected chi connectivity index (χ2v) is 6.26. The van der Waals surface area contributed by atoms with Crippen molar-refractivity contribution in [2.24, 2.45) is 17.1 Å². The van der Waals surface area contributed by atoms with Crippen molar-refractivity contribution in [2.45, 2.75) is 45.2 Å². The van der Waals surface area contributed by atoms with Gasteiger partial charge in [0, 0.05) is 0 Å². The third-order valence-corrected chi connectivity index (χ3v) is 4.60. The third-order valence-electron chi connectivity index (χ3n) is 4.60. The monoisotopic (exact) mass is 285 g/mol. The summed E-state index contributed by atoms with van der Waals surface area (Å²) in [5.41, 5.74) is 6.10. The highest BCUT2D eigenvalue weighted by Gasteiger charge is 2.34. The molecule has 1 aliphatic rings. The molecule has 0 atom stereocenters. The minimum Gasteiger partial charge on any atom is -0.330 e. The molecule has 2 N–H and O–H groups in total. The zero-order valence-corrected chi connectivity index (χ0v) is 11.8. The number of halogens is 3. The summed E-state index contributed by atoms with van der Waals surface area (Å²) in [5.74, 6) is 0.705. The first-order chi connectivity index (χ1) is 9.35. The molecule has 4 heteroatoms. The molecule has 0 spiro atoms. The Morgan fingerprint density at radius 1 is 1.25 bits per heavy atom. The molecule has 0 radical (unpaired) electrons. The van der Waals surface area contributed by atoms with E-state index in [1.807, 2.05) is 0 Å². The smallest absolute Gasteiger partial charge is 0.330 e. The van der Waals surface area contributed by atoms with Crippen molar-refractivity contribution < 1.29 is 13.2 Å². The van der Waals surface area contributed by atoms with Crippen LogP contribution in [0.5, 0.6) is 0 Å². The van der Waals surface area contributed by atoms with Crippen LogP contribution in [-0.4, -0.2) is 6.54 Å². The van der Waals surface area contributed by atoms with Crippen LogP contribution in [-0.2, 0) is 12.6 Å². The Morgan fingerprint density at radius 3 is 2.45 bits per heavy atom. The average Bonchev–Trinajstić information content (AvgIpc) is 2.41. The number of alkyl halides is 3. The van der Waals surface area contributed by atoms with Crippen LogP contribution < -0.4 is 5.73 Å². The molecule has 112 valence electrons. The topological polar surface area (TPSA) is 26.0 Å². The highest BCUT2D eigenvalue weighted by Crippen LogP contribution is 2.41. The minimum absolute atomic E-state index is 0.0171. The average molecular weight is 285 g/mol. The van der Waals surface area contributed by atoms with Gasteiger partial charge >= 0.3 is 6.18 Å². The van der Waals surface area contributed by atoms with Gasteiger partial charge in [-0.3, -0.25) is 0 Å². The van der Waals surface area contributed by atoms with Gasteiger partial charge in [-0.1, -0.05) is 38.0 Å². The predicted molar refractivity (Wildman–Crippen MR) is 74.3 cm³/mol. The highest BCUT2D eigenvalue weighted by molar-refractivity contribution is 5.26. The SMILES string of the molecule is CC1CCC(CN)(Cc2cccc(C(F)(F)F)c2)CC1. The van der Waals surface area contributed by atoms with Gasteiger partial charge in [-0.05, 0) is 48.8 Å². The molecule has 1 aliphatic carbocycles. The van der Waals surface area contributed by atoms with Crippen LogP contribution in [0, 0.1) is 11.3 Å². The van der Waals surface area contributed by atoms with Crippen LogP contribution in [0.4, 0.5) is 13.2 Å². The van der Waals surface area contributed by atoms with Gasteiger partial charge in [0.05, 0.1) is 5.56 Å².